The lowest BCUT2D eigenvalue weighted by Gasteiger charge is -2.48. The lowest BCUT2D eigenvalue weighted by atomic mass is 9.77. The van der Waals surface area contributed by atoms with Crippen molar-refractivity contribution in [3.05, 3.63) is 29.3 Å². The fraction of sp³-hybridized carbons (Fsp3) is 0.625. The largest absolute Gasteiger partial charge is 0.486 e. The summed E-state index contributed by atoms with van der Waals surface area (Å²) in [5.41, 5.74) is 2.23. The molecule has 2 heterocycles. The maximum atomic E-state index is 10.5. The summed E-state index contributed by atoms with van der Waals surface area (Å²) in [6, 6.07) is 6.13. The number of aliphatic hydroxyl groups excluding tert-OH is 1. The molecule has 0 aromatic heterocycles. The van der Waals surface area contributed by atoms with Gasteiger partial charge in [-0.05, 0) is 36.6 Å². The second-order valence-corrected chi connectivity index (χ2v) is 7.87. The number of hydrogen-bond acceptors (Lipinski definition) is 3. The molecule has 2 atom stereocenters. The first-order valence-electron chi connectivity index (χ1n) is 6.95. The SMILES string of the molecule is Cc1ccc2c(c1)C(O)CC1(CSCC(C)(C)C1)O2. The molecular weight excluding hydrogens is 256 g/mol. The average molecular weight is 278 g/mol. The Morgan fingerprint density at radius 3 is 2.84 bits per heavy atom. The van der Waals surface area contributed by atoms with Crippen molar-refractivity contribution in [2.75, 3.05) is 11.5 Å². The summed E-state index contributed by atoms with van der Waals surface area (Å²) < 4.78 is 6.34. The van der Waals surface area contributed by atoms with Crippen LogP contribution < -0.4 is 4.74 Å². The van der Waals surface area contributed by atoms with E-state index in [2.05, 4.69) is 26.8 Å². The molecule has 2 nitrogen and oxygen atoms in total. The van der Waals surface area contributed by atoms with Crippen molar-refractivity contribution >= 4 is 11.8 Å². The number of fused-ring (bicyclic) bond motifs is 1. The first-order chi connectivity index (χ1) is 8.89. The van der Waals surface area contributed by atoms with Gasteiger partial charge < -0.3 is 9.84 Å². The van der Waals surface area contributed by atoms with E-state index in [9.17, 15) is 5.11 Å². The maximum absolute atomic E-state index is 10.5. The number of hydrogen-bond donors (Lipinski definition) is 1. The van der Waals surface area contributed by atoms with Gasteiger partial charge in [-0.1, -0.05) is 25.5 Å². The zero-order valence-electron chi connectivity index (χ0n) is 11.9. The van der Waals surface area contributed by atoms with Gasteiger partial charge in [-0.2, -0.15) is 11.8 Å². The minimum Gasteiger partial charge on any atom is -0.486 e. The van der Waals surface area contributed by atoms with E-state index < -0.39 is 6.10 Å². The molecular formula is C16H22O2S. The fourth-order valence-corrected chi connectivity index (χ4v) is 4.85. The van der Waals surface area contributed by atoms with Crippen LogP contribution in [-0.2, 0) is 0 Å². The molecule has 0 amide bonds. The Balaban J connectivity index is 1.94. The highest BCUT2D eigenvalue weighted by molar-refractivity contribution is 7.99. The highest BCUT2D eigenvalue weighted by Crippen LogP contribution is 2.49. The Bertz CT molecular complexity index is 498. The zero-order valence-corrected chi connectivity index (χ0v) is 12.7. The van der Waals surface area contributed by atoms with Crippen LogP contribution >= 0.6 is 11.8 Å². The molecule has 3 heteroatoms. The minimum atomic E-state index is -0.391. The van der Waals surface area contributed by atoms with Gasteiger partial charge in [0.05, 0.1) is 6.10 Å². The molecule has 0 aliphatic carbocycles. The normalized spacial score (nSPS) is 32.7. The van der Waals surface area contributed by atoms with E-state index in [1.165, 1.54) is 11.3 Å². The third-order valence-corrected chi connectivity index (χ3v) is 5.79. The maximum Gasteiger partial charge on any atom is 0.126 e. The smallest absolute Gasteiger partial charge is 0.126 e. The minimum absolute atomic E-state index is 0.186. The van der Waals surface area contributed by atoms with E-state index >= 15 is 0 Å². The van der Waals surface area contributed by atoms with Crippen LogP contribution in [0.4, 0.5) is 0 Å². The molecule has 2 aliphatic rings. The Hall–Kier alpha value is -0.670. The van der Waals surface area contributed by atoms with Gasteiger partial charge in [-0.3, -0.25) is 0 Å². The summed E-state index contributed by atoms with van der Waals surface area (Å²) in [6.07, 6.45) is 1.36. The van der Waals surface area contributed by atoms with Crippen LogP contribution in [0.2, 0.25) is 0 Å². The van der Waals surface area contributed by atoms with E-state index in [1.807, 2.05) is 23.9 Å². The van der Waals surface area contributed by atoms with Crippen LogP contribution in [-0.4, -0.2) is 22.2 Å². The number of benzene rings is 1. The zero-order chi connectivity index (χ0) is 13.7. The van der Waals surface area contributed by atoms with Gasteiger partial charge >= 0.3 is 0 Å². The topological polar surface area (TPSA) is 29.5 Å². The lowest BCUT2D eigenvalue weighted by molar-refractivity contribution is -0.0255. The quantitative estimate of drug-likeness (QED) is 0.784. The Labute approximate surface area is 119 Å². The first-order valence-corrected chi connectivity index (χ1v) is 8.10. The summed E-state index contributed by atoms with van der Waals surface area (Å²) in [4.78, 5) is 0. The van der Waals surface area contributed by atoms with E-state index in [4.69, 9.17) is 4.74 Å². The van der Waals surface area contributed by atoms with Crippen LogP contribution in [0.5, 0.6) is 5.75 Å². The van der Waals surface area contributed by atoms with Crippen molar-refractivity contribution in [1.29, 1.82) is 0 Å². The molecule has 1 fully saturated rings. The van der Waals surface area contributed by atoms with Gasteiger partial charge in [0.25, 0.3) is 0 Å². The monoisotopic (exact) mass is 278 g/mol. The van der Waals surface area contributed by atoms with E-state index in [-0.39, 0.29) is 11.0 Å². The summed E-state index contributed by atoms with van der Waals surface area (Å²) in [5.74, 6) is 3.04. The molecule has 19 heavy (non-hydrogen) atoms. The molecule has 1 spiro atoms. The average Bonchev–Trinajstić information content (AvgIpc) is 2.29. The van der Waals surface area contributed by atoms with Gasteiger partial charge in [0.2, 0.25) is 0 Å². The summed E-state index contributed by atoms with van der Waals surface area (Å²) >= 11 is 1.95. The van der Waals surface area contributed by atoms with Crippen molar-refractivity contribution in [2.24, 2.45) is 5.41 Å². The van der Waals surface area contributed by atoms with Crippen LogP contribution in [0.1, 0.15) is 43.9 Å². The molecule has 1 aromatic rings. The summed E-state index contributed by atoms with van der Waals surface area (Å²) in [7, 11) is 0. The Morgan fingerprint density at radius 2 is 2.11 bits per heavy atom. The van der Waals surface area contributed by atoms with Crippen LogP contribution in [0.25, 0.3) is 0 Å². The molecule has 2 unspecified atom stereocenters. The van der Waals surface area contributed by atoms with Gasteiger partial charge in [0.1, 0.15) is 11.4 Å². The van der Waals surface area contributed by atoms with Gasteiger partial charge in [-0.25, -0.2) is 0 Å². The predicted molar refractivity (Wildman–Crippen MR) is 79.8 cm³/mol. The van der Waals surface area contributed by atoms with Crippen molar-refractivity contribution in [2.45, 2.75) is 45.3 Å². The highest BCUT2D eigenvalue weighted by Gasteiger charge is 2.46. The van der Waals surface area contributed by atoms with Crippen LogP contribution in [0.15, 0.2) is 18.2 Å². The van der Waals surface area contributed by atoms with Gasteiger partial charge in [-0.15, -0.1) is 0 Å². The molecule has 1 N–H and O–H groups in total. The third kappa shape index (κ3) is 2.50. The first kappa shape index (κ1) is 13.3. The molecule has 3 rings (SSSR count). The van der Waals surface area contributed by atoms with Gasteiger partial charge in [0.15, 0.2) is 0 Å². The number of aliphatic hydroxyl groups is 1. The lowest BCUT2D eigenvalue weighted by Crippen LogP contribution is -2.50. The third-order valence-electron chi connectivity index (χ3n) is 4.07. The van der Waals surface area contributed by atoms with Crippen LogP contribution in [0, 0.1) is 12.3 Å². The molecule has 1 aromatic carbocycles. The molecule has 104 valence electrons. The summed E-state index contributed by atoms with van der Waals surface area (Å²) in [6.45, 7) is 6.64. The standard InChI is InChI=1S/C16H22O2S/c1-11-4-5-14-12(6-11)13(17)7-16(18-14)8-15(2,3)9-19-10-16/h4-6,13,17H,7-10H2,1-3H3. The van der Waals surface area contributed by atoms with E-state index in [0.29, 0.717) is 0 Å². The molecule has 0 saturated carbocycles. The highest BCUT2D eigenvalue weighted by atomic mass is 32.2. The molecule has 0 radical (unpaired) electrons. The van der Waals surface area contributed by atoms with Crippen molar-refractivity contribution in [3.8, 4) is 5.75 Å². The number of rotatable bonds is 0. The van der Waals surface area contributed by atoms with Crippen LogP contribution in [0.3, 0.4) is 0 Å². The molecule has 1 saturated heterocycles. The predicted octanol–water partition coefficient (Wildman–Crippen LogP) is 3.71. The fourth-order valence-electron chi connectivity index (χ4n) is 3.44. The number of thioether (sulfide) groups is 1. The van der Waals surface area contributed by atoms with E-state index in [0.717, 1.165) is 29.9 Å². The molecule has 2 aliphatic heterocycles. The van der Waals surface area contributed by atoms with Gasteiger partial charge in [0, 0.05) is 17.7 Å². The summed E-state index contributed by atoms with van der Waals surface area (Å²) in [5, 5.41) is 10.5. The Morgan fingerprint density at radius 1 is 1.32 bits per heavy atom. The second-order valence-electron chi connectivity index (χ2n) is 6.88. The van der Waals surface area contributed by atoms with Crippen molar-refractivity contribution < 1.29 is 9.84 Å². The van der Waals surface area contributed by atoms with E-state index in [1.54, 1.807) is 0 Å². The van der Waals surface area contributed by atoms with Crippen molar-refractivity contribution in [1.82, 2.24) is 0 Å². The van der Waals surface area contributed by atoms with Crippen molar-refractivity contribution in [3.63, 3.8) is 0 Å². The molecule has 0 bridgehead atoms. The second kappa shape index (κ2) is 4.42. The number of ether oxygens (including phenoxy) is 1. The Kier molecular flexibility index (Phi) is 3.10. The number of aryl methyl sites for hydroxylation is 1.